The van der Waals surface area contributed by atoms with Gasteiger partial charge in [0.1, 0.15) is 0 Å². The minimum atomic E-state index is -3.80. The van der Waals surface area contributed by atoms with Crippen molar-refractivity contribution in [2.24, 2.45) is 0 Å². The van der Waals surface area contributed by atoms with Gasteiger partial charge in [0.2, 0.25) is 5.91 Å². The molecule has 0 aromatic heterocycles. The Morgan fingerprint density at radius 3 is 2.64 bits per heavy atom. The Morgan fingerprint density at radius 2 is 1.96 bits per heavy atom. The van der Waals surface area contributed by atoms with Gasteiger partial charge in [-0.3, -0.25) is 9.52 Å². The summed E-state index contributed by atoms with van der Waals surface area (Å²) in [5.74, 6) is -0.131. The SMILES string of the molecule is CC1CC(=O)Nc2cc(S(=O)(=O)Nc3ccc(C#N)cc3)ccc2S1. The molecule has 2 aromatic rings. The number of sulfonamides is 1. The van der Waals surface area contributed by atoms with E-state index in [1.165, 1.54) is 48.2 Å². The Kier molecular flexibility index (Phi) is 4.70. The first-order valence-corrected chi connectivity index (χ1v) is 9.87. The normalized spacial score (nSPS) is 17.0. The summed E-state index contributed by atoms with van der Waals surface area (Å²) in [5.41, 5.74) is 1.31. The van der Waals surface area contributed by atoms with Crippen molar-refractivity contribution in [3.05, 3.63) is 48.0 Å². The maximum absolute atomic E-state index is 12.6. The first-order chi connectivity index (χ1) is 11.9. The van der Waals surface area contributed by atoms with Gasteiger partial charge in [0.15, 0.2) is 0 Å². The predicted octanol–water partition coefficient (Wildman–Crippen LogP) is 3.18. The van der Waals surface area contributed by atoms with E-state index in [9.17, 15) is 13.2 Å². The minimum absolute atomic E-state index is 0.0612. The van der Waals surface area contributed by atoms with Gasteiger partial charge in [0.05, 0.1) is 22.2 Å². The molecule has 1 amide bonds. The molecule has 8 heteroatoms. The molecule has 2 aromatic carbocycles. The third kappa shape index (κ3) is 3.95. The summed E-state index contributed by atoms with van der Waals surface area (Å²) in [6.07, 6.45) is 0.380. The second-order valence-corrected chi connectivity index (χ2v) is 8.80. The zero-order chi connectivity index (χ0) is 18.0. The molecule has 0 radical (unpaired) electrons. The van der Waals surface area contributed by atoms with Crippen molar-refractivity contribution in [2.45, 2.75) is 28.4 Å². The van der Waals surface area contributed by atoms with Gasteiger partial charge in [-0.15, -0.1) is 11.8 Å². The molecule has 0 aliphatic carbocycles. The highest BCUT2D eigenvalue weighted by Gasteiger charge is 2.22. The molecule has 1 atom stereocenters. The van der Waals surface area contributed by atoms with E-state index in [0.717, 1.165) is 4.90 Å². The van der Waals surface area contributed by atoms with E-state index >= 15 is 0 Å². The lowest BCUT2D eigenvalue weighted by Crippen LogP contribution is -2.15. The lowest BCUT2D eigenvalue weighted by atomic mass is 10.2. The number of nitriles is 1. The molecule has 6 nitrogen and oxygen atoms in total. The summed E-state index contributed by atoms with van der Waals surface area (Å²) in [5, 5.41) is 11.7. The Balaban J connectivity index is 1.90. The monoisotopic (exact) mass is 373 g/mol. The van der Waals surface area contributed by atoms with Crippen molar-refractivity contribution in [1.29, 1.82) is 5.26 Å². The van der Waals surface area contributed by atoms with Crippen LogP contribution in [-0.4, -0.2) is 19.6 Å². The van der Waals surface area contributed by atoms with Crippen molar-refractivity contribution < 1.29 is 13.2 Å². The number of nitrogens with zero attached hydrogens (tertiary/aromatic N) is 1. The van der Waals surface area contributed by atoms with Gasteiger partial charge < -0.3 is 5.32 Å². The molecule has 0 fully saturated rings. The number of carbonyl (C=O) groups is 1. The van der Waals surface area contributed by atoms with Crippen LogP contribution in [0.25, 0.3) is 0 Å². The molecule has 1 aliphatic heterocycles. The summed E-state index contributed by atoms with van der Waals surface area (Å²) in [7, 11) is -3.80. The van der Waals surface area contributed by atoms with Gasteiger partial charge in [-0.2, -0.15) is 5.26 Å². The quantitative estimate of drug-likeness (QED) is 0.861. The summed E-state index contributed by atoms with van der Waals surface area (Å²) in [6, 6.07) is 12.8. The Labute approximate surface area is 150 Å². The molecule has 0 bridgehead atoms. The van der Waals surface area contributed by atoms with Gasteiger partial charge in [-0.05, 0) is 42.5 Å². The highest BCUT2D eigenvalue weighted by Crippen LogP contribution is 2.36. The first-order valence-electron chi connectivity index (χ1n) is 7.51. The van der Waals surface area contributed by atoms with E-state index in [4.69, 9.17) is 5.26 Å². The molecular formula is C17H15N3O3S2. The minimum Gasteiger partial charge on any atom is -0.325 e. The van der Waals surface area contributed by atoms with Crippen LogP contribution in [0, 0.1) is 11.3 Å². The van der Waals surface area contributed by atoms with Crippen molar-refractivity contribution in [2.75, 3.05) is 10.0 Å². The van der Waals surface area contributed by atoms with Gasteiger partial charge >= 0.3 is 0 Å². The fourth-order valence-corrected chi connectivity index (χ4v) is 4.56. The number of nitrogens with one attached hydrogen (secondary N) is 2. The first kappa shape index (κ1) is 17.3. The molecule has 1 heterocycles. The molecule has 3 rings (SSSR count). The van der Waals surface area contributed by atoms with Crippen LogP contribution < -0.4 is 10.0 Å². The maximum Gasteiger partial charge on any atom is 0.261 e. The van der Waals surface area contributed by atoms with E-state index in [-0.39, 0.29) is 16.1 Å². The van der Waals surface area contributed by atoms with E-state index in [2.05, 4.69) is 10.0 Å². The lowest BCUT2D eigenvalue weighted by Gasteiger charge is -2.12. The van der Waals surface area contributed by atoms with E-state index < -0.39 is 10.0 Å². The summed E-state index contributed by atoms with van der Waals surface area (Å²) in [4.78, 5) is 12.8. The summed E-state index contributed by atoms with van der Waals surface area (Å²) < 4.78 is 27.6. The average molecular weight is 373 g/mol. The van der Waals surface area contributed by atoms with E-state index in [1.807, 2.05) is 13.0 Å². The number of fused-ring (bicyclic) bond motifs is 1. The predicted molar refractivity (Wildman–Crippen MR) is 97.0 cm³/mol. The van der Waals surface area contributed by atoms with Gasteiger partial charge in [-0.25, -0.2) is 8.42 Å². The van der Waals surface area contributed by atoms with Crippen molar-refractivity contribution in [1.82, 2.24) is 0 Å². The maximum atomic E-state index is 12.6. The molecule has 0 saturated carbocycles. The number of anilines is 2. The van der Waals surface area contributed by atoms with Gasteiger partial charge in [0, 0.05) is 22.3 Å². The second-order valence-electron chi connectivity index (χ2n) is 5.63. The third-order valence-electron chi connectivity index (χ3n) is 3.60. The number of rotatable bonds is 3. The Bertz CT molecular complexity index is 964. The number of hydrogen-bond acceptors (Lipinski definition) is 5. The number of thioether (sulfide) groups is 1. The zero-order valence-electron chi connectivity index (χ0n) is 13.3. The Hall–Kier alpha value is -2.50. The fraction of sp³-hybridized carbons (Fsp3) is 0.176. The summed E-state index contributed by atoms with van der Waals surface area (Å²) in [6.45, 7) is 1.95. The fourth-order valence-electron chi connectivity index (χ4n) is 2.42. The number of benzene rings is 2. The van der Waals surface area contributed by atoms with Crippen LogP contribution in [0.3, 0.4) is 0 Å². The van der Waals surface area contributed by atoms with Crippen LogP contribution in [-0.2, 0) is 14.8 Å². The van der Waals surface area contributed by atoms with Crippen LogP contribution in [0.1, 0.15) is 18.9 Å². The standard InChI is InChI=1S/C17H15N3O3S2/c1-11-8-17(21)19-15-9-14(6-7-16(15)24-11)25(22,23)20-13-4-2-12(10-18)3-5-13/h2-7,9,11,20H,8H2,1H3,(H,19,21). The van der Waals surface area contributed by atoms with Crippen LogP contribution in [0.2, 0.25) is 0 Å². The number of amides is 1. The highest BCUT2D eigenvalue weighted by molar-refractivity contribution is 8.00. The molecule has 0 saturated heterocycles. The van der Waals surface area contributed by atoms with Crippen LogP contribution >= 0.6 is 11.8 Å². The average Bonchev–Trinajstić information content (AvgIpc) is 2.70. The summed E-state index contributed by atoms with van der Waals surface area (Å²) >= 11 is 1.53. The van der Waals surface area contributed by atoms with Crippen LogP contribution in [0.15, 0.2) is 52.3 Å². The Morgan fingerprint density at radius 1 is 1.24 bits per heavy atom. The molecule has 128 valence electrons. The molecule has 1 unspecified atom stereocenters. The van der Waals surface area contributed by atoms with Gasteiger partial charge in [-0.1, -0.05) is 6.92 Å². The largest absolute Gasteiger partial charge is 0.325 e. The number of carbonyl (C=O) groups excluding carboxylic acids is 1. The van der Waals surface area contributed by atoms with E-state index in [1.54, 1.807) is 6.07 Å². The van der Waals surface area contributed by atoms with E-state index in [0.29, 0.717) is 23.4 Å². The highest BCUT2D eigenvalue weighted by atomic mass is 32.2. The van der Waals surface area contributed by atoms with Gasteiger partial charge in [0.25, 0.3) is 10.0 Å². The molecular weight excluding hydrogens is 358 g/mol. The molecule has 2 N–H and O–H groups in total. The molecule has 25 heavy (non-hydrogen) atoms. The second kappa shape index (κ2) is 6.78. The van der Waals surface area contributed by atoms with Crippen molar-refractivity contribution in [3.8, 4) is 6.07 Å². The zero-order valence-corrected chi connectivity index (χ0v) is 14.9. The topological polar surface area (TPSA) is 99.1 Å². The van der Waals surface area contributed by atoms with Crippen LogP contribution in [0.4, 0.5) is 11.4 Å². The third-order valence-corrected chi connectivity index (χ3v) is 6.16. The number of hydrogen-bond donors (Lipinski definition) is 2. The van der Waals surface area contributed by atoms with Crippen molar-refractivity contribution >= 4 is 39.1 Å². The molecule has 0 spiro atoms. The molecule has 1 aliphatic rings. The lowest BCUT2D eigenvalue weighted by molar-refractivity contribution is -0.116. The smallest absolute Gasteiger partial charge is 0.261 e. The van der Waals surface area contributed by atoms with Crippen molar-refractivity contribution in [3.63, 3.8) is 0 Å². The van der Waals surface area contributed by atoms with Crippen LogP contribution in [0.5, 0.6) is 0 Å².